The number of carbonyl (C=O) groups excluding carboxylic acids is 2. The Morgan fingerprint density at radius 1 is 1.06 bits per heavy atom. The van der Waals surface area contributed by atoms with Gasteiger partial charge in [-0.1, -0.05) is 29.8 Å². The molecule has 0 aliphatic heterocycles. The molecule has 0 radical (unpaired) electrons. The summed E-state index contributed by atoms with van der Waals surface area (Å²) < 4.78 is 3.26. The number of benzene rings is 2. The average Bonchev–Trinajstić information content (AvgIpc) is 3.36. The van der Waals surface area contributed by atoms with E-state index in [1.165, 1.54) is 34.6 Å². The number of amides is 1. The van der Waals surface area contributed by atoms with Gasteiger partial charge in [0.15, 0.2) is 11.4 Å². The zero-order chi connectivity index (χ0) is 23.1. The lowest BCUT2D eigenvalue weighted by molar-refractivity contribution is -0.117. The molecule has 2 aromatic carbocycles. The molecule has 1 amide bonds. The minimum Gasteiger partial charge on any atom is -0.324 e. The van der Waals surface area contributed by atoms with Gasteiger partial charge in [0, 0.05) is 22.2 Å². The number of Topliss-reactive ketones (excluding diaryl/α,β-unsaturated/α-hetero) is 1. The van der Waals surface area contributed by atoms with Crippen molar-refractivity contribution in [3.05, 3.63) is 81.8 Å². The number of carbonyl (C=O) groups is 2. The molecule has 3 heterocycles. The highest BCUT2D eigenvalue weighted by atomic mass is 32.1. The quantitative estimate of drug-likeness (QED) is 0.403. The van der Waals surface area contributed by atoms with Gasteiger partial charge in [-0.2, -0.15) is 0 Å². The number of nitrogens with zero attached hydrogens (tertiary/aromatic N) is 4. The molecular formula is C24H19N5O3S. The summed E-state index contributed by atoms with van der Waals surface area (Å²) in [7, 11) is 0. The highest BCUT2D eigenvalue weighted by Gasteiger charge is 2.17. The summed E-state index contributed by atoms with van der Waals surface area (Å²) in [6.45, 7) is 3.27. The fourth-order valence-electron chi connectivity index (χ4n) is 3.60. The SMILES string of the molecule is CC(=O)c1ccc(NC(=O)Cn2nc3c4scc(-c5ccc(C)cc5)c4ncn3c2=O)cc1. The second-order valence-electron chi connectivity index (χ2n) is 7.75. The fourth-order valence-corrected chi connectivity index (χ4v) is 4.60. The molecule has 164 valence electrons. The van der Waals surface area contributed by atoms with E-state index in [4.69, 9.17) is 0 Å². The molecule has 0 saturated heterocycles. The highest BCUT2D eigenvalue weighted by Crippen LogP contribution is 2.34. The number of fused-ring (bicyclic) bond motifs is 3. The monoisotopic (exact) mass is 457 g/mol. The van der Waals surface area contributed by atoms with Crippen molar-refractivity contribution in [3.8, 4) is 11.1 Å². The Hall–Kier alpha value is -4.11. The van der Waals surface area contributed by atoms with Crippen LogP contribution in [-0.2, 0) is 11.3 Å². The normalized spacial score (nSPS) is 11.2. The third-order valence-corrected chi connectivity index (χ3v) is 6.34. The number of hydrogen-bond acceptors (Lipinski definition) is 6. The van der Waals surface area contributed by atoms with Crippen LogP contribution < -0.4 is 11.0 Å². The van der Waals surface area contributed by atoms with Gasteiger partial charge < -0.3 is 5.32 Å². The van der Waals surface area contributed by atoms with E-state index in [1.807, 2.05) is 36.6 Å². The molecule has 0 aliphatic rings. The molecule has 0 atom stereocenters. The van der Waals surface area contributed by atoms with Crippen LogP contribution in [-0.4, -0.2) is 30.9 Å². The maximum atomic E-state index is 12.8. The van der Waals surface area contributed by atoms with Gasteiger partial charge >= 0.3 is 5.69 Å². The van der Waals surface area contributed by atoms with Crippen LogP contribution in [0.25, 0.3) is 27.0 Å². The summed E-state index contributed by atoms with van der Waals surface area (Å²) >= 11 is 1.46. The van der Waals surface area contributed by atoms with Gasteiger partial charge in [0.1, 0.15) is 12.9 Å². The van der Waals surface area contributed by atoms with Gasteiger partial charge in [-0.15, -0.1) is 16.4 Å². The topological polar surface area (TPSA) is 98.4 Å². The van der Waals surface area contributed by atoms with Crippen LogP contribution in [0.2, 0.25) is 0 Å². The molecule has 1 N–H and O–H groups in total. The number of anilines is 1. The lowest BCUT2D eigenvalue weighted by Gasteiger charge is -2.05. The van der Waals surface area contributed by atoms with Crippen molar-refractivity contribution in [2.75, 3.05) is 5.32 Å². The zero-order valence-electron chi connectivity index (χ0n) is 17.9. The van der Waals surface area contributed by atoms with Crippen LogP contribution in [0, 0.1) is 6.92 Å². The standard InChI is InChI=1S/C24H19N5O3S/c1-14-3-5-17(6-4-14)19-12-33-22-21(19)25-13-28-23(22)27-29(24(28)32)11-20(31)26-18-9-7-16(8-10-18)15(2)30/h3-10,12-13H,11H2,1-2H3,(H,26,31). The second-order valence-corrected chi connectivity index (χ2v) is 8.63. The summed E-state index contributed by atoms with van der Waals surface area (Å²) in [5.74, 6) is -0.449. The first-order valence-corrected chi connectivity index (χ1v) is 11.1. The van der Waals surface area contributed by atoms with Crippen molar-refractivity contribution in [3.63, 3.8) is 0 Å². The van der Waals surface area contributed by atoms with Gasteiger partial charge in [-0.25, -0.2) is 18.9 Å². The van der Waals surface area contributed by atoms with Gasteiger partial charge in [0.2, 0.25) is 5.91 Å². The minimum atomic E-state index is -0.438. The van der Waals surface area contributed by atoms with Crippen LogP contribution in [0.5, 0.6) is 0 Å². The largest absolute Gasteiger partial charge is 0.352 e. The smallest absolute Gasteiger partial charge is 0.324 e. The third kappa shape index (κ3) is 3.83. The molecule has 0 fully saturated rings. The van der Waals surface area contributed by atoms with E-state index in [-0.39, 0.29) is 12.3 Å². The average molecular weight is 458 g/mol. The lowest BCUT2D eigenvalue weighted by atomic mass is 10.1. The van der Waals surface area contributed by atoms with Crippen LogP contribution in [0.4, 0.5) is 5.69 Å². The molecule has 8 nitrogen and oxygen atoms in total. The minimum absolute atomic E-state index is 0.0526. The Morgan fingerprint density at radius 2 is 1.79 bits per heavy atom. The Bertz CT molecular complexity index is 1580. The number of aryl methyl sites for hydroxylation is 1. The van der Waals surface area contributed by atoms with E-state index in [1.54, 1.807) is 24.3 Å². The number of ketones is 1. The van der Waals surface area contributed by atoms with E-state index in [9.17, 15) is 14.4 Å². The van der Waals surface area contributed by atoms with Crippen molar-refractivity contribution >= 4 is 44.6 Å². The molecule has 9 heteroatoms. The van der Waals surface area contributed by atoms with E-state index >= 15 is 0 Å². The molecule has 0 spiro atoms. The lowest BCUT2D eigenvalue weighted by Crippen LogP contribution is -2.28. The highest BCUT2D eigenvalue weighted by molar-refractivity contribution is 7.18. The third-order valence-electron chi connectivity index (χ3n) is 5.37. The van der Waals surface area contributed by atoms with Crippen LogP contribution in [0.15, 0.2) is 65.0 Å². The number of hydrogen-bond donors (Lipinski definition) is 1. The van der Waals surface area contributed by atoms with Crippen molar-refractivity contribution < 1.29 is 9.59 Å². The Kier molecular flexibility index (Phi) is 5.10. The van der Waals surface area contributed by atoms with Gasteiger partial charge in [0.05, 0.1) is 10.2 Å². The van der Waals surface area contributed by atoms with Gasteiger partial charge in [0.25, 0.3) is 0 Å². The Labute approximate surface area is 192 Å². The summed E-state index contributed by atoms with van der Waals surface area (Å²) in [5.41, 5.74) is 5.08. The maximum absolute atomic E-state index is 12.8. The van der Waals surface area contributed by atoms with Crippen molar-refractivity contribution in [1.29, 1.82) is 0 Å². The first-order chi connectivity index (χ1) is 15.9. The number of thiophene rings is 1. The van der Waals surface area contributed by atoms with Crippen molar-refractivity contribution in [2.24, 2.45) is 0 Å². The summed E-state index contributed by atoms with van der Waals surface area (Å²) in [5, 5.41) is 9.14. The fraction of sp³-hybridized carbons (Fsp3) is 0.125. The number of nitrogens with one attached hydrogen (secondary N) is 1. The molecule has 3 aromatic heterocycles. The molecule has 0 aliphatic carbocycles. The zero-order valence-corrected chi connectivity index (χ0v) is 18.7. The number of rotatable bonds is 5. The van der Waals surface area contributed by atoms with Gasteiger partial charge in [-0.05, 0) is 43.7 Å². The van der Waals surface area contributed by atoms with Crippen LogP contribution in [0.1, 0.15) is 22.8 Å². The molecule has 0 bridgehead atoms. The Balaban J connectivity index is 1.44. The van der Waals surface area contributed by atoms with Crippen molar-refractivity contribution in [2.45, 2.75) is 20.4 Å². The predicted molar refractivity (Wildman–Crippen MR) is 128 cm³/mol. The molecule has 5 rings (SSSR count). The van der Waals surface area contributed by atoms with Gasteiger partial charge in [-0.3, -0.25) is 9.59 Å². The Morgan fingerprint density at radius 3 is 2.48 bits per heavy atom. The number of aromatic nitrogens is 4. The summed E-state index contributed by atoms with van der Waals surface area (Å²) in [6, 6.07) is 14.7. The first kappa shape index (κ1) is 20.8. The first-order valence-electron chi connectivity index (χ1n) is 10.2. The molecule has 0 saturated carbocycles. The molecular weight excluding hydrogens is 438 g/mol. The van der Waals surface area contributed by atoms with Crippen molar-refractivity contribution in [1.82, 2.24) is 19.2 Å². The van der Waals surface area contributed by atoms with Crippen LogP contribution in [0.3, 0.4) is 0 Å². The summed E-state index contributed by atoms with van der Waals surface area (Å²) in [4.78, 5) is 41.2. The summed E-state index contributed by atoms with van der Waals surface area (Å²) in [6.07, 6.45) is 1.45. The molecule has 0 unspecified atom stereocenters. The maximum Gasteiger partial charge on any atom is 0.352 e. The molecule has 5 aromatic rings. The van der Waals surface area contributed by atoms with Crippen LogP contribution >= 0.6 is 11.3 Å². The molecule has 33 heavy (non-hydrogen) atoms. The van der Waals surface area contributed by atoms with E-state index in [0.29, 0.717) is 16.9 Å². The predicted octanol–water partition coefficient (Wildman–Crippen LogP) is 3.92. The van der Waals surface area contributed by atoms with E-state index in [2.05, 4.69) is 15.4 Å². The van der Waals surface area contributed by atoms with E-state index < -0.39 is 11.6 Å². The second kappa shape index (κ2) is 8.10. The van der Waals surface area contributed by atoms with E-state index in [0.717, 1.165) is 26.0 Å².